The molecule has 0 saturated heterocycles. The summed E-state index contributed by atoms with van der Waals surface area (Å²) in [5.41, 5.74) is 0.543. The third kappa shape index (κ3) is 6.26. The van der Waals surface area contributed by atoms with Gasteiger partial charge in [-0.25, -0.2) is 4.79 Å². The maximum atomic E-state index is 11.9. The summed E-state index contributed by atoms with van der Waals surface area (Å²) >= 11 is 0. The van der Waals surface area contributed by atoms with E-state index in [1.807, 2.05) is 13.8 Å². The Bertz CT molecular complexity index is 472. The zero-order chi connectivity index (χ0) is 15.8. The normalized spacial score (nSPS) is 12.2. The predicted octanol–water partition coefficient (Wildman–Crippen LogP) is 1.15. The van der Waals surface area contributed by atoms with E-state index in [1.165, 1.54) is 6.20 Å². The Morgan fingerprint density at radius 2 is 2.19 bits per heavy atom. The number of nitrogens with zero attached hydrogens (tertiary/aromatic N) is 2. The number of aliphatic carboxylic acids is 1. The van der Waals surface area contributed by atoms with Gasteiger partial charge >= 0.3 is 12.0 Å². The van der Waals surface area contributed by atoms with Crippen LogP contribution >= 0.6 is 0 Å². The van der Waals surface area contributed by atoms with E-state index in [0.29, 0.717) is 18.8 Å². The minimum absolute atomic E-state index is 0.0243. The van der Waals surface area contributed by atoms with Crippen molar-refractivity contribution >= 4 is 17.7 Å². The molecule has 1 aromatic rings. The number of amides is 2. The molecular weight excluding hydrogens is 276 g/mol. The third-order valence-electron chi connectivity index (χ3n) is 2.93. The fourth-order valence-electron chi connectivity index (χ4n) is 1.71. The van der Waals surface area contributed by atoms with Crippen molar-refractivity contribution in [2.75, 3.05) is 19.0 Å². The molecule has 2 amide bonds. The van der Waals surface area contributed by atoms with E-state index in [1.54, 1.807) is 18.0 Å². The van der Waals surface area contributed by atoms with Crippen LogP contribution in [0.3, 0.4) is 0 Å². The molecule has 1 atom stereocenters. The Balaban J connectivity index is 2.51. The number of carbonyl (C=O) groups excluding carboxylic acids is 1. The fraction of sp³-hybridized carbons (Fsp3) is 0.615. The number of anilines is 1. The highest BCUT2D eigenvalue weighted by Crippen LogP contribution is 2.08. The Kier molecular flexibility index (Phi) is 6.67. The van der Waals surface area contributed by atoms with Crippen molar-refractivity contribution in [3.63, 3.8) is 0 Å². The van der Waals surface area contributed by atoms with Crippen molar-refractivity contribution < 1.29 is 19.4 Å². The average molecular weight is 298 g/mol. The summed E-state index contributed by atoms with van der Waals surface area (Å²) < 4.78 is 6.59. The monoisotopic (exact) mass is 298 g/mol. The smallest absolute Gasteiger partial charge is 0.319 e. The second-order valence-corrected chi connectivity index (χ2v) is 5.03. The average Bonchev–Trinajstić information content (AvgIpc) is 2.82. The molecule has 1 aromatic heterocycles. The molecule has 0 spiro atoms. The van der Waals surface area contributed by atoms with E-state index in [4.69, 9.17) is 9.84 Å². The summed E-state index contributed by atoms with van der Waals surface area (Å²) in [4.78, 5) is 22.6. The number of carboxylic acid groups (broad SMARTS) is 1. The highest BCUT2D eigenvalue weighted by Gasteiger charge is 2.19. The second kappa shape index (κ2) is 8.25. The lowest BCUT2D eigenvalue weighted by Crippen LogP contribution is -2.42. The predicted molar refractivity (Wildman–Crippen MR) is 77.1 cm³/mol. The quantitative estimate of drug-likeness (QED) is 0.667. The number of hydrogen-bond donors (Lipinski definition) is 3. The first-order chi connectivity index (χ1) is 9.92. The number of carboxylic acids is 1. The third-order valence-corrected chi connectivity index (χ3v) is 2.93. The molecule has 0 aliphatic rings. The van der Waals surface area contributed by atoms with Gasteiger partial charge in [0, 0.05) is 19.3 Å². The molecule has 0 aliphatic heterocycles. The highest BCUT2D eigenvalue weighted by atomic mass is 16.5. The lowest BCUT2D eigenvalue weighted by molar-refractivity contribution is -0.137. The van der Waals surface area contributed by atoms with Gasteiger partial charge in [0.05, 0.1) is 31.5 Å². The van der Waals surface area contributed by atoms with Crippen LogP contribution in [0.15, 0.2) is 12.4 Å². The number of methoxy groups -OCH3 is 1. The number of urea groups is 1. The van der Waals surface area contributed by atoms with E-state index in [9.17, 15) is 9.59 Å². The summed E-state index contributed by atoms with van der Waals surface area (Å²) in [6.07, 6.45) is 3.09. The SMILES string of the molecule is COCCn1cc(NC(=O)NC(CC(=O)O)C(C)C)cn1. The van der Waals surface area contributed by atoms with Crippen LogP contribution in [0.4, 0.5) is 10.5 Å². The first-order valence-corrected chi connectivity index (χ1v) is 6.73. The first-order valence-electron chi connectivity index (χ1n) is 6.73. The van der Waals surface area contributed by atoms with Crippen molar-refractivity contribution in [3.05, 3.63) is 12.4 Å². The van der Waals surface area contributed by atoms with E-state index >= 15 is 0 Å². The molecule has 3 N–H and O–H groups in total. The van der Waals surface area contributed by atoms with Crippen LogP contribution < -0.4 is 10.6 Å². The van der Waals surface area contributed by atoms with Crippen LogP contribution in [-0.2, 0) is 16.1 Å². The number of aromatic nitrogens is 2. The van der Waals surface area contributed by atoms with Gasteiger partial charge in [-0.15, -0.1) is 0 Å². The molecular formula is C13H22N4O4. The van der Waals surface area contributed by atoms with Crippen molar-refractivity contribution in [1.29, 1.82) is 0 Å². The van der Waals surface area contributed by atoms with Gasteiger partial charge in [0.2, 0.25) is 0 Å². The Morgan fingerprint density at radius 1 is 1.48 bits per heavy atom. The van der Waals surface area contributed by atoms with Gasteiger partial charge in [0.15, 0.2) is 0 Å². The van der Waals surface area contributed by atoms with Crippen molar-refractivity contribution in [3.8, 4) is 0 Å². The topological polar surface area (TPSA) is 105 Å². The molecule has 1 rings (SSSR count). The molecule has 1 heterocycles. The Labute approximate surface area is 123 Å². The standard InChI is InChI=1S/C13H22N4O4/c1-9(2)11(6-12(18)19)16-13(20)15-10-7-14-17(8-10)4-5-21-3/h7-9,11H,4-6H2,1-3H3,(H,18,19)(H2,15,16,20). The van der Waals surface area contributed by atoms with Crippen LogP contribution in [0, 0.1) is 5.92 Å². The summed E-state index contributed by atoms with van der Waals surface area (Å²) in [6.45, 7) is 4.84. The van der Waals surface area contributed by atoms with Gasteiger partial charge in [0.1, 0.15) is 0 Å². The Morgan fingerprint density at radius 3 is 2.76 bits per heavy atom. The lowest BCUT2D eigenvalue weighted by atomic mass is 10.0. The minimum atomic E-state index is -0.943. The van der Waals surface area contributed by atoms with Crippen LogP contribution in [-0.4, -0.2) is 46.6 Å². The second-order valence-electron chi connectivity index (χ2n) is 5.03. The van der Waals surface area contributed by atoms with Crippen molar-refractivity contribution in [1.82, 2.24) is 15.1 Å². The van der Waals surface area contributed by atoms with Crippen LogP contribution in [0.2, 0.25) is 0 Å². The lowest BCUT2D eigenvalue weighted by Gasteiger charge is -2.20. The van der Waals surface area contributed by atoms with Gasteiger partial charge in [-0.2, -0.15) is 5.10 Å². The molecule has 0 bridgehead atoms. The molecule has 0 saturated carbocycles. The summed E-state index contributed by atoms with van der Waals surface area (Å²) in [5.74, 6) is -0.919. The highest BCUT2D eigenvalue weighted by molar-refractivity contribution is 5.89. The van der Waals surface area contributed by atoms with Crippen molar-refractivity contribution in [2.24, 2.45) is 5.92 Å². The van der Waals surface area contributed by atoms with Gasteiger partial charge < -0.3 is 20.5 Å². The summed E-state index contributed by atoms with van der Waals surface area (Å²) in [5, 5.41) is 18.2. The maximum absolute atomic E-state index is 11.9. The number of ether oxygens (including phenoxy) is 1. The molecule has 118 valence electrons. The number of hydrogen-bond acceptors (Lipinski definition) is 4. The first kappa shape index (κ1) is 17.0. The summed E-state index contributed by atoms with van der Waals surface area (Å²) in [6, 6.07) is -0.868. The van der Waals surface area contributed by atoms with Crippen LogP contribution in [0.1, 0.15) is 20.3 Å². The van der Waals surface area contributed by atoms with E-state index in [-0.39, 0.29) is 12.3 Å². The molecule has 1 unspecified atom stereocenters. The largest absolute Gasteiger partial charge is 0.481 e. The molecule has 0 aromatic carbocycles. The van der Waals surface area contributed by atoms with Crippen LogP contribution in [0.5, 0.6) is 0 Å². The van der Waals surface area contributed by atoms with Crippen molar-refractivity contribution in [2.45, 2.75) is 32.9 Å². The van der Waals surface area contributed by atoms with E-state index in [2.05, 4.69) is 15.7 Å². The van der Waals surface area contributed by atoms with Gasteiger partial charge in [-0.3, -0.25) is 9.48 Å². The summed E-state index contributed by atoms with van der Waals surface area (Å²) in [7, 11) is 1.60. The number of carbonyl (C=O) groups is 2. The molecule has 0 radical (unpaired) electrons. The number of nitrogens with one attached hydrogen (secondary N) is 2. The van der Waals surface area contributed by atoms with Gasteiger partial charge in [-0.05, 0) is 5.92 Å². The number of rotatable bonds is 8. The van der Waals surface area contributed by atoms with Crippen LogP contribution in [0.25, 0.3) is 0 Å². The minimum Gasteiger partial charge on any atom is -0.481 e. The van der Waals surface area contributed by atoms with E-state index < -0.39 is 18.0 Å². The molecule has 0 aliphatic carbocycles. The van der Waals surface area contributed by atoms with E-state index in [0.717, 1.165) is 0 Å². The maximum Gasteiger partial charge on any atom is 0.319 e. The molecule has 0 fully saturated rings. The molecule has 21 heavy (non-hydrogen) atoms. The zero-order valence-corrected chi connectivity index (χ0v) is 12.5. The van der Waals surface area contributed by atoms with Gasteiger partial charge in [-0.1, -0.05) is 13.8 Å². The fourth-order valence-corrected chi connectivity index (χ4v) is 1.71. The molecule has 8 nitrogen and oxygen atoms in total. The van der Waals surface area contributed by atoms with Gasteiger partial charge in [0.25, 0.3) is 0 Å². The molecule has 8 heteroatoms. The zero-order valence-electron chi connectivity index (χ0n) is 12.5. The Hall–Kier alpha value is -2.09.